The molecule has 0 amide bonds. The fourth-order valence-electron chi connectivity index (χ4n) is 2.93. The number of fused-ring (bicyclic) bond motifs is 2. The average Bonchev–Trinajstić information content (AvgIpc) is 3.19. The molecule has 27 heavy (non-hydrogen) atoms. The van der Waals surface area contributed by atoms with Gasteiger partial charge in [-0.05, 0) is 47.9 Å². The summed E-state index contributed by atoms with van der Waals surface area (Å²) < 4.78 is 7.74. The molecule has 0 saturated carbocycles. The smallest absolute Gasteiger partial charge is 0.419 e. The van der Waals surface area contributed by atoms with Gasteiger partial charge in [-0.25, -0.2) is 9.78 Å². The number of carboxylic acid groups (broad SMARTS) is 1. The summed E-state index contributed by atoms with van der Waals surface area (Å²) >= 11 is 1.54. The molecular formula is C20H16N2O4S. The topological polar surface area (TPSA) is 85.3 Å². The summed E-state index contributed by atoms with van der Waals surface area (Å²) in [6.45, 7) is 0. The zero-order valence-corrected chi connectivity index (χ0v) is 15.3. The minimum atomic E-state index is -0.855. The summed E-state index contributed by atoms with van der Waals surface area (Å²) in [6.07, 6.45) is 2.30. The Hall–Kier alpha value is -3.19. The van der Waals surface area contributed by atoms with E-state index in [1.807, 2.05) is 42.5 Å². The predicted octanol–water partition coefficient (Wildman–Crippen LogP) is 4.15. The molecule has 6 nitrogen and oxygen atoms in total. The lowest BCUT2D eigenvalue weighted by Crippen LogP contribution is -2.08. The standard InChI is InChI=1S/C20H16N2O4S/c1-22-15-8-6-12(11-16(15)26-20(22)25)10-13(7-9-18(23)24)19-21-14-4-2-3-5-17(14)27-19/h2-6,8,10-11H,7,9H2,1H3,(H,23,24)/b13-10-. The second kappa shape index (κ2) is 6.85. The van der Waals surface area contributed by atoms with Crippen LogP contribution >= 0.6 is 11.3 Å². The van der Waals surface area contributed by atoms with Gasteiger partial charge in [0.25, 0.3) is 0 Å². The Labute approximate surface area is 158 Å². The summed E-state index contributed by atoms with van der Waals surface area (Å²) in [5.41, 5.74) is 3.78. The molecule has 4 rings (SSSR count). The molecule has 0 aliphatic carbocycles. The molecule has 4 aromatic rings. The van der Waals surface area contributed by atoms with Gasteiger partial charge in [-0.3, -0.25) is 9.36 Å². The van der Waals surface area contributed by atoms with Crippen LogP contribution in [0, 0.1) is 0 Å². The Balaban J connectivity index is 1.79. The fourth-order valence-corrected chi connectivity index (χ4v) is 3.94. The van der Waals surface area contributed by atoms with E-state index in [9.17, 15) is 9.59 Å². The first-order valence-electron chi connectivity index (χ1n) is 8.39. The third-order valence-corrected chi connectivity index (χ3v) is 5.45. The van der Waals surface area contributed by atoms with Gasteiger partial charge in [0.1, 0.15) is 5.01 Å². The van der Waals surface area contributed by atoms with Crippen LogP contribution < -0.4 is 5.76 Å². The Morgan fingerprint density at radius 1 is 1.26 bits per heavy atom. The van der Waals surface area contributed by atoms with E-state index in [1.54, 1.807) is 13.1 Å². The SMILES string of the molecule is Cn1c(=O)oc2cc(/C=C(/CCC(=O)O)c3nc4ccccc4s3)ccc21. The van der Waals surface area contributed by atoms with Crippen LogP contribution in [0.5, 0.6) is 0 Å². The Bertz CT molecular complexity index is 1210. The van der Waals surface area contributed by atoms with Crippen molar-refractivity contribution in [3.05, 3.63) is 63.6 Å². The third-order valence-electron chi connectivity index (χ3n) is 4.33. The first-order valence-corrected chi connectivity index (χ1v) is 9.21. The molecule has 2 aromatic carbocycles. The van der Waals surface area contributed by atoms with Gasteiger partial charge in [0, 0.05) is 13.5 Å². The number of hydrogen-bond acceptors (Lipinski definition) is 5. The molecule has 136 valence electrons. The van der Waals surface area contributed by atoms with Gasteiger partial charge in [-0.15, -0.1) is 11.3 Å². The number of rotatable bonds is 5. The van der Waals surface area contributed by atoms with Gasteiger partial charge in [-0.2, -0.15) is 0 Å². The molecule has 0 spiro atoms. The number of oxazole rings is 1. The van der Waals surface area contributed by atoms with Crippen molar-refractivity contribution in [1.29, 1.82) is 0 Å². The lowest BCUT2D eigenvalue weighted by atomic mass is 10.1. The number of allylic oxidation sites excluding steroid dienone is 1. The number of nitrogens with zero attached hydrogens (tertiary/aromatic N) is 2. The monoisotopic (exact) mass is 380 g/mol. The minimum absolute atomic E-state index is 0.0183. The van der Waals surface area contributed by atoms with E-state index in [0.717, 1.165) is 26.4 Å². The zero-order valence-electron chi connectivity index (χ0n) is 14.5. The second-order valence-corrected chi connectivity index (χ2v) is 7.23. The minimum Gasteiger partial charge on any atom is -0.481 e. The van der Waals surface area contributed by atoms with Crippen LogP contribution in [-0.4, -0.2) is 20.6 Å². The molecule has 1 N–H and O–H groups in total. The van der Waals surface area contributed by atoms with Gasteiger partial charge in [-0.1, -0.05) is 18.2 Å². The van der Waals surface area contributed by atoms with Crippen LogP contribution in [0.3, 0.4) is 0 Å². The van der Waals surface area contributed by atoms with Crippen molar-refractivity contribution in [1.82, 2.24) is 9.55 Å². The normalized spacial score (nSPS) is 12.1. The first-order chi connectivity index (χ1) is 13.0. The summed E-state index contributed by atoms with van der Waals surface area (Å²) in [6, 6.07) is 13.3. The van der Waals surface area contributed by atoms with Crippen molar-refractivity contribution >= 4 is 50.3 Å². The lowest BCUT2D eigenvalue weighted by Gasteiger charge is -2.03. The quantitative estimate of drug-likeness (QED) is 0.562. The highest BCUT2D eigenvalue weighted by atomic mass is 32.1. The van der Waals surface area contributed by atoms with E-state index in [4.69, 9.17) is 9.52 Å². The Kier molecular flexibility index (Phi) is 4.37. The van der Waals surface area contributed by atoms with Gasteiger partial charge in [0.15, 0.2) is 5.58 Å². The van der Waals surface area contributed by atoms with Crippen molar-refractivity contribution in [2.75, 3.05) is 0 Å². The molecule has 0 radical (unpaired) electrons. The number of aromatic nitrogens is 2. The number of carboxylic acids is 1. The summed E-state index contributed by atoms with van der Waals surface area (Å²) in [4.78, 5) is 27.4. The maximum absolute atomic E-state index is 11.7. The number of aryl methyl sites for hydroxylation is 1. The van der Waals surface area contributed by atoms with Crippen molar-refractivity contribution in [2.24, 2.45) is 7.05 Å². The van der Waals surface area contributed by atoms with E-state index in [2.05, 4.69) is 4.98 Å². The maximum Gasteiger partial charge on any atom is 0.419 e. The molecule has 0 unspecified atom stereocenters. The lowest BCUT2D eigenvalue weighted by molar-refractivity contribution is -0.136. The van der Waals surface area contributed by atoms with Gasteiger partial charge < -0.3 is 9.52 Å². The second-order valence-electron chi connectivity index (χ2n) is 6.20. The predicted molar refractivity (Wildman–Crippen MR) is 106 cm³/mol. The van der Waals surface area contributed by atoms with Gasteiger partial charge >= 0.3 is 11.7 Å². The van der Waals surface area contributed by atoms with Gasteiger partial charge in [0.2, 0.25) is 0 Å². The number of carbonyl (C=O) groups is 1. The molecule has 0 atom stereocenters. The molecule has 0 saturated heterocycles. The van der Waals surface area contributed by atoms with Crippen LogP contribution in [-0.2, 0) is 11.8 Å². The van der Waals surface area contributed by atoms with Crippen molar-refractivity contribution in [2.45, 2.75) is 12.8 Å². The van der Waals surface area contributed by atoms with Crippen LogP contribution in [0.1, 0.15) is 23.4 Å². The van der Waals surface area contributed by atoms with Gasteiger partial charge in [0.05, 0.1) is 15.7 Å². The maximum atomic E-state index is 11.7. The van der Waals surface area contributed by atoms with Crippen molar-refractivity contribution in [3.8, 4) is 0 Å². The molecule has 0 aliphatic rings. The molecule has 0 aliphatic heterocycles. The number of aliphatic carboxylic acids is 1. The summed E-state index contributed by atoms with van der Waals surface area (Å²) in [5.74, 6) is -1.27. The highest BCUT2D eigenvalue weighted by Gasteiger charge is 2.12. The summed E-state index contributed by atoms with van der Waals surface area (Å²) in [7, 11) is 1.66. The van der Waals surface area contributed by atoms with Crippen LogP contribution in [0.25, 0.3) is 33.0 Å². The van der Waals surface area contributed by atoms with E-state index in [0.29, 0.717) is 17.5 Å². The molecule has 7 heteroatoms. The average molecular weight is 380 g/mol. The highest BCUT2D eigenvalue weighted by molar-refractivity contribution is 7.19. The molecule has 0 fully saturated rings. The first kappa shape index (κ1) is 17.2. The molecule has 2 aromatic heterocycles. The number of benzene rings is 2. The van der Waals surface area contributed by atoms with Crippen molar-refractivity contribution < 1.29 is 14.3 Å². The molecular weight excluding hydrogens is 364 g/mol. The van der Waals surface area contributed by atoms with E-state index in [1.165, 1.54) is 15.9 Å². The molecule has 0 bridgehead atoms. The van der Waals surface area contributed by atoms with Crippen LogP contribution in [0.15, 0.2) is 51.7 Å². The largest absolute Gasteiger partial charge is 0.481 e. The van der Waals surface area contributed by atoms with E-state index in [-0.39, 0.29) is 6.42 Å². The number of para-hydroxylation sites is 1. The van der Waals surface area contributed by atoms with E-state index < -0.39 is 11.7 Å². The zero-order chi connectivity index (χ0) is 19.0. The van der Waals surface area contributed by atoms with Crippen molar-refractivity contribution in [3.63, 3.8) is 0 Å². The fraction of sp³-hybridized carbons (Fsp3) is 0.150. The highest BCUT2D eigenvalue weighted by Crippen LogP contribution is 2.31. The Morgan fingerprint density at radius 2 is 2.07 bits per heavy atom. The van der Waals surface area contributed by atoms with Crippen LogP contribution in [0.4, 0.5) is 0 Å². The summed E-state index contributed by atoms with van der Waals surface area (Å²) in [5, 5.41) is 9.89. The Morgan fingerprint density at radius 3 is 2.85 bits per heavy atom. The van der Waals surface area contributed by atoms with E-state index >= 15 is 0 Å². The van der Waals surface area contributed by atoms with Crippen LogP contribution in [0.2, 0.25) is 0 Å². The molecule has 2 heterocycles. The third kappa shape index (κ3) is 3.41. The number of hydrogen-bond donors (Lipinski definition) is 1. The number of thiazole rings is 1.